The number of ether oxygens (including phenoxy) is 1. The minimum Gasteiger partial charge on any atom is -0.457 e. The van der Waals surface area contributed by atoms with E-state index in [-0.39, 0.29) is 32.5 Å². The third-order valence-electron chi connectivity index (χ3n) is 16.0. The number of hydrogen-bond acceptors (Lipinski definition) is 5. The SMILES string of the molecule is CC(C)(C)c1cc(Oc2cc(-c3nccc4oc5c6ccc7c(c6ccc5c34)C(C)(C)CC7(C)C)cc(C(C)(C)C)c2)cc(-c2nccc3oc4c5ccc6c(c5ccc4c23)C(C)(C)CC6(C)C)c1. The van der Waals surface area contributed by atoms with Crippen LogP contribution < -0.4 is 4.74 Å². The number of fused-ring (bicyclic) bond motifs is 14. The molecule has 0 fully saturated rings. The van der Waals surface area contributed by atoms with Gasteiger partial charge in [-0.2, -0.15) is 0 Å². The lowest BCUT2D eigenvalue weighted by atomic mass is 9.81. The molecule has 69 heavy (non-hydrogen) atoms. The molecule has 4 heterocycles. The number of aromatic nitrogens is 2. The molecule has 5 nitrogen and oxygen atoms in total. The normalized spacial score (nSPS) is 17.2. The van der Waals surface area contributed by atoms with Crippen LogP contribution in [0, 0.1) is 0 Å². The predicted molar refractivity (Wildman–Crippen MR) is 288 cm³/mol. The zero-order valence-electron chi connectivity index (χ0n) is 42.9. The van der Waals surface area contributed by atoms with E-state index in [1.807, 2.05) is 24.5 Å². The van der Waals surface area contributed by atoms with Crippen molar-refractivity contribution in [3.05, 3.63) is 143 Å². The molecular weight excluding hydrogens is 845 g/mol. The van der Waals surface area contributed by atoms with Gasteiger partial charge >= 0.3 is 0 Å². The van der Waals surface area contributed by atoms with E-state index in [1.54, 1.807) is 0 Å². The Kier molecular flexibility index (Phi) is 8.94. The minimum absolute atomic E-state index is 0.0599. The molecule has 0 saturated carbocycles. The van der Waals surface area contributed by atoms with E-state index in [9.17, 15) is 0 Å². The molecule has 5 heteroatoms. The molecule has 10 aromatic rings. The van der Waals surface area contributed by atoms with Crippen molar-refractivity contribution in [3.8, 4) is 34.0 Å². The topological polar surface area (TPSA) is 61.3 Å². The summed E-state index contributed by atoms with van der Waals surface area (Å²) in [4.78, 5) is 10.2. The standard InChI is InChI=1S/C64H64N2O3/c1-59(2,3)37-27-35(55-51-45-17-15-41-43(57(45)68-49(51)23-25-65-55)19-21-47-53(41)63(11,12)33-61(47,7)8)29-39(31-37)67-40-30-36(28-38(32-40)60(4,5)6)56-52-46-18-16-42-44(58(46)69-50(52)24-26-66-56)20-22-48-54(42)64(13,14)34-62(48,9)10/h15-32H,33-34H2,1-14H3. The van der Waals surface area contributed by atoms with Crippen LogP contribution in [0.15, 0.2) is 118 Å². The Balaban J connectivity index is 0.996. The maximum atomic E-state index is 7.11. The van der Waals surface area contributed by atoms with Crippen LogP contribution in [0.1, 0.15) is 143 Å². The minimum atomic E-state index is -0.172. The third kappa shape index (κ3) is 6.62. The average Bonchev–Trinajstić information content (AvgIpc) is 3.96. The maximum absolute atomic E-state index is 7.11. The summed E-state index contributed by atoms with van der Waals surface area (Å²) in [5, 5.41) is 9.03. The molecule has 0 bridgehead atoms. The summed E-state index contributed by atoms with van der Waals surface area (Å²) in [5.74, 6) is 1.49. The Hall–Kier alpha value is -6.46. The summed E-state index contributed by atoms with van der Waals surface area (Å²) < 4.78 is 20.8. The third-order valence-corrected chi connectivity index (χ3v) is 16.0. The molecule has 0 amide bonds. The molecule has 0 radical (unpaired) electrons. The Labute approximate surface area is 406 Å². The lowest BCUT2D eigenvalue weighted by molar-refractivity contribution is 0.403. The summed E-state index contributed by atoms with van der Waals surface area (Å²) in [6.45, 7) is 32.6. The lowest BCUT2D eigenvalue weighted by Gasteiger charge is -2.23. The van der Waals surface area contributed by atoms with Gasteiger partial charge in [0.15, 0.2) is 0 Å². The second kappa shape index (κ2) is 14.1. The van der Waals surface area contributed by atoms with Crippen LogP contribution in [0.25, 0.3) is 87.9 Å². The number of furan rings is 2. The van der Waals surface area contributed by atoms with Gasteiger partial charge in [0.1, 0.15) is 33.8 Å². The first kappa shape index (κ1) is 43.8. The van der Waals surface area contributed by atoms with Crippen LogP contribution in [0.2, 0.25) is 0 Å². The molecule has 0 N–H and O–H groups in total. The highest BCUT2D eigenvalue weighted by Crippen LogP contribution is 2.55. The fourth-order valence-electron chi connectivity index (χ4n) is 13.4. The van der Waals surface area contributed by atoms with Gasteiger partial charge in [-0.3, -0.25) is 9.97 Å². The largest absolute Gasteiger partial charge is 0.457 e. The Morgan fingerprint density at radius 2 is 0.812 bits per heavy atom. The van der Waals surface area contributed by atoms with Crippen molar-refractivity contribution in [2.24, 2.45) is 0 Å². The van der Waals surface area contributed by atoms with Crippen LogP contribution in [-0.2, 0) is 32.5 Å². The average molecular weight is 909 g/mol. The van der Waals surface area contributed by atoms with Crippen LogP contribution >= 0.6 is 0 Å². The molecule has 2 aliphatic rings. The molecular formula is C64H64N2O3. The lowest BCUT2D eigenvalue weighted by Crippen LogP contribution is -2.18. The van der Waals surface area contributed by atoms with Gasteiger partial charge in [0.25, 0.3) is 0 Å². The van der Waals surface area contributed by atoms with E-state index in [1.165, 1.54) is 33.0 Å². The van der Waals surface area contributed by atoms with Gasteiger partial charge in [0, 0.05) is 45.1 Å². The molecule has 0 unspecified atom stereocenters. The summed E-state index contributed by atoms with van der Waals surface area (Å²) in [5.41, 5.74) is 15.3. The Bertz CT molecular complexity index is 3590. The van der Waals surface area contributed by atoms with Crippen molar-refractivity contribution in [1.29, 1.82) is 0 Å². The second-order valence-electron chi connectivity index (χ2n) is 25.3. The number of hydrogen-bond donors (Lipinski definition) is 0. The first-order chi connectivity index (χ1) is 32.4. The van der Waals surface area contributed by atoms with Gasteiger partial charge in [0.2, 0.25) is 0 Å². The second-order valence-corrected chi connectivity index (χ2v) is 25.3. The molecule has 348 valence electrons. The zero-order valence-corrected chi connectivity index (χ0v) is 42.9. The first-order valence-corrected chi connectivity index (χ1v) is 25.0. The van der Waals surface area contributed by atoms with Crippen LogP contribution in [-0.4, -0.2) is 9.97 Å². The highest BCUT2D eigenvalue weighted by atomic mass is 16.5. The molecule has 4 aromatic heterocycles. The van der Waals surface area contributed by atoms with Gasteiger partial charge in [-0.25, -0.2) is 0 Å². The molecule has 0 saturated heterocycles. The number of pyridine rings is 2. The predicted octanol–water partition coefficient (Wildman–Crippen LogP) is 18.2. The van der Waals surface area contributed by atoms with E-state index in [2.05, 4.69) is 182 Å². The molecule has 0 spiro atoms. The summed E-state index contributed by atoms with van der Waals surface area (Å²) in [6.07, 6.45) is 5.97. The Morgan fingerprint density at radius 1 is 0.435 bits per heavy atom. The van der Waals surface area contributed by atoms with E-state index in [4.69, 9.17) is 23.5 Å². The number of rotatable bonds is 4. The monoisotopic (exact) mass is 908 g/mol. The van der Waals surface area contributed by atoms with E-state index in [0.29, 0.717) is 0 Å². The summed E-state index contributed by atoms with van der Waals surface area (Å²) in [6, 6.07) is 35.6. The highest BCUT2D eigenvalue weighted by molar-refractivity contribution is 6.20. The zero-order chi connectivity index (χ0) is 48.5. The first-order valence-electron chi connectivity index (χ1n) is 25.0. The molecule has 0 atom stereocenters. The summed E-state index contributed by atoms with van der Waals surface area (Å²) in [7, 11) is 0. The van der Waals surface area contributed by atoms with Gasteiger partial charge in [-0.05, 0) is 150 Å². The van der Waals surface area contributed by atoms with Gasteiger partial charge in [-0.1, -0.05) is 133 Å². The van der Waals surface area contributed by atoms with Gasteiger partial charge in [-0.15, -0.1) is 0 Å². The fourth-order valence-corrected chi connectivity index (χ4v) is 13.4. The quantitative estimate of drug-likeness (QED) is 0.176. The van der Waals surface area contributed by atoms with Crippen molar-refractivity contribution < 1.29 is 13.6 Å². The van der Waals surface area contributed by atoms with Gasteiger partial charge in [0.05, 0.1) is 22.2 Å². The van der Waals surface area contributed by atoms with Crippen molar-refractivity contribution in [2.75, 3.05) is 0 Å². The molecule has 12 rings (SSSR count). The fraction of sp³-hybridized carbons (Fsp3) is 0.344. The maximum Gasteiger partial charge on any atom is 0.143 e. The highest BCUT2D eigenvalue weighted by Gasteiger charge is 2.44. The van der Waals surface area contributed by atoms with Crippen molar-refractivity contribution in [2.45, 2.75) is 142 Å². The van der Waals surface area contributed by atoms with Gasteiger partial charge < -0.3 is 13.6 Å². The number of benzene rings is 6. The van der Waals surface area contributed by atoms with Crippen LogP contribution in [0.5, 0.6) is 11.5 Å². The molecule has 2 aliphatic carbocycles. The molecule has 6 aromatic carbocycles. The van der Waals surface area contributed by atoms with Crippen LogP contribution in [0.4, 0.5) is 0 Å². The van der Waals surface area contributed by atoms with Crippen LogP contribution in [0.3, 0.4) is 0 Å². The summed E-state index contributed by atoms with van der Waals surface area (Å²) >= 11 is 0. The van der Waals surface area contributed by atoms with E-state index >= 15 is 0 Å². The van der Waals surface area contributed by atoms with Crippen molar-refractivity contribution >= 4 is 65.4 Å². The number of nitrogens with zero attached hydrogens (tertiary/aromatic N) is 2. The van der Waals surface area contributed by atoms with Crippen molar-refractivity contribution in [3.63, 3.8) is 0 Å². The van der Waals surface area contributed by atoms with Crippen molar-refractivity contribution in [1.82, 2.24) is 9.97 Å². The van der Waals surface area contributed by atoms with E-state index < -0.39 is 0 Å². The molecule has 0 aliphatic heterocycles. The Morgan fingerprint density at radius 3 is 1.20 bits per heavy atom. The smallest absolute Gasteiger partial charge is 0.143 e. The van der Waals surface area contributed by atoms with E-state index in [0.717, 1.165) is 113 Å².